The number of carbonyl (C=O) groups is 2. The zero-order valence-corrected chi connectivity index (χ0v) is 19.1. The Hall–Kier alpha value is -0.710. The number of rotatable bonds is 5. The normalized spacial score (nSPS) is 12.3. The standard InChI is InChI=1S/C15H19Cl3N2O5S2/c1-9-6-11(7-10(2)12(9)27(5)23)25-14(22)20(4)26-19(3)13(21)24-8-15(16,17)18/h6-7H,8H2,1-5H3. The molecule has 0 N–H and O–H groups in total. The van der Waals surface area contributed by atoms with Crippen LogP contribution in [0.25, 0.3) is 0 Å². The van der Waals surface area contributed by atoms with Gasteiger partial charge < -0.3 is 14.0 Å². The second-order valence-electron chi connectivity index (χ2n) is 5.45. The second kappa shape index (κ2) is 10.2. The molecule has 2 amide bonds. The lowest BCUT2D eigenvalue weighted by atomic mass is 10.1. The van der Waals surface area contributed by atoms with Crippen molar-refractivity contribution >= 4 is 70.3 Å². The maximum atomic E-state index is 12.2. The summed E-state index contributed by atoms with van der Waals surface area (Å²) in [6.07, 6.45) is 0.0703. The summed E-state index contributed by atoms with van der Waals surface area (Å²) in [5, 5.41) is 0. The molecule has 0 saturated carbocycles. The molecule has 1 atom stereocenters. The van der Waals surface area contributed by atoms with Crippen molar-refractivity contribution in [2.45, 2.75) is 22.5 Å². The van der Waals surface area contributed by atoms with Gasteiger partial charge in [0.1, 0.15) is 18.6 Å². The van der Waals surface area contributed by atoms with E-state index in [4.69, 9.17) is 44.3 Å². The summed E-state index contributed by atoms with van der Waals surface area (Å²) in [5.41, 5.74) is 1.50. The molecule has 152 valence electrons. The van der Waals surface area contributed by atoms with Gasteiger partial charge in [0.05, 0.1) is 12.1 Å². The van der Waals surface area contributed by atoms with Crippen LogP contribution in [0.4, 0.5) is 9.59 Å². The number of hydrogen-bond donors (Lipinski definition) is 0. The zero-order valence-electron chi connectivity index (χ0n) is 15.2. The highest BCUT2D eigenvalue weighted by Crippen LogP contribution is 2.28. The van der Waals surface area contributed by atoms with Crippen LogP contribution < -0.4 is 4.74 Å². The average Bonchev–Trinajstić information content (AvgIpc) is 2.50. The lowest BCUT2D eigenvalue weighted by Gasteiger charge is -2.22. The highest BCUT2D eigenvalue weighted by atomic mass is 35.6. The molecule has 12 heteroatoms. The molecule has 0 heterocycles. The highest BCUT2D eigenvalue weighted by Gasteiger charge is 2.25. The number of carbonyl (C=O) groups excluding carboxylic acids is 2. The third-order valence-corrected chi connectivity index (χ3v) is 5.38. The predicted octanol–water partition coefficient (Wildman–Crippen LogP) is 4.47. The Morgan fingerprint density at radius 2 is 1.63 bits per heavy atom. The molecule has 0 fully saturated rings. The molecule has 0 aliphatic rings. The minimum Gasteiger partial charge on any atom is -0.612 e. The number of halogens is 3. The summed E-state index contributed by atoms with van der Waals surface area (Å²) in [5.74, 6) is 0.304. The van der Waals surface area contributed by atoms with E-state index >= 15 is 0 Å². The molecule has 7 nitrogen and oxygen atoms in total. The molecule has 0 aromatic heterocycles. The molecule has 1 rings (SSSR count). The van der Waals surface area contributed by atoms with E-state index in [2.05, 4.69) is 0 Å². The predicted molar refractivity (Wildman–Crippen MR) is 109 cm³/mol. The number of amides is 2. The Morgan fingerprint density at radius 3 is 2.07 bits per heavy atom. The van der Waals surface area contributed by atoms with Gasteiger partial charge in [-0.25, -0.2) is 18.2 Å². The Bertz CT molecular complexity index is 678. The first kappa shape index (κ1) is 24.3. The van der Waals surface area contributed by atoms with Gasteiger partial charge in [0.25, 0.3) is 0 Å². The van der Waals surface area contributed by atoms with E-state index in [1.807, 2.05) is 0 Å². The van der Waals surface area contributed by atoms with Crippen molar-refractivity contribution in [1.82, 2.24) is 8.61 Å². The summed E-state index contributed by atoms with van der Waals surface area (Å²) in [6, 6.07) is 3.25. The minimum absolute atomic E-state index is 0.304. The van der Waals surface area contributed by atoms with Crippen LogP contribution in [-0.2, 0) is 15.9 Å². The molecule has 0 spiro atoms. The molecule has 0 radical (unpaired) electrons. The van der Waals surface area contributed by atoms with Crippen LogP contribution in [0.15, 0.2) is 17.0 Å². The van der Waals surface area contributed by atoms with Crippen LogP contribution in [-0.4, -0.2) is 56.1 Å². The fraction of sp³-hybridized carbons (Fsp3) is 0.467. The summed E-state index contributed by atoms with van der Waals surface area (Å²) in [7, 11) is 2.80. The summed E-state index contributed by atoms with van der Waals surface area (Å²) in [6.45, 7) is 3.14. The lowest BCUT2D eigenvalue weighted by molar-refractivity contribution is 0.134. The topological polar surface area (TPSA) is 82.1 Å². The van der Waals surface area contributed by atoms with Crippen molar-refractivity contribution in [2.24, 2.45) is 0 Å². The van der Waals surface area contributed by atoms with Crippen LogP contribution >= 0.6 is 46.9 Å². The first-order chi connectivity index (χ1) is 12.3. The maximum absolute atomic E-state index is 12.2. The van der Waals surface area contributed by atoms with Crippen LogP contribution in [0.5, 0.6) is 5.75 Å². The van der Waals surface area contributed by atoms with Crippen molar-refractivity contribution in [1.29, 1.82) is 0 Å². The quantitative estimate of drug-likeness (QED) is 0.353. The third kappa shape index (κ3) is 8.05. The van der Waals surface area contributed by atoms with E-state index in [1.54, 1.807) is 32.2 Å². The first-order valence-electron chi connectivity index (χ1n) is 7.37. The van der Waals surface area contributed by atoms with Crippen LogP contribution in [0.1, 0.15) is 11.1 Å². The van der Waals surface area contributed by atoms with Crippen molar-refractivity contribution < 1.29 is 23.6 Å². The van der Waals surface area contributed by atoms with Gasteiger partial charge in [-0.2, -0.15) is 0 Å². The molecule has 0 bridgehead atoms. The maximum Gasteiger partial charge on any atom is 0.426 e. The van der Waals surface area contributed by atoms with Gasteiger partial charge in [-0.3, -0.25) is 0 Å². The Labute approximate surface area is 180 Å². The van der Waals surface area contributed by atoms with Gasteiger partial charge in [0.15, 0.2) is 4.90 Å². The van der Waals surface area contributed by atoms with Gasteiger partial charge in [-0.1, -0.05) is 34.8 Å². The van der Waals surface area contributed by atoms with E-state index in [1.165, 1.54) is 14.1 Å². The number of ether oxygens (including phenoxy) is 2. The highest BCUT2D eigenvalue weighted by molar-refractivity contribution is 7.95. The van der Waals surface area contributed by atoms with Gasteiger partial charge in [-0.05, 0) is 37.2 Å². The van der Waals surface area contributed by atoms with E-state index in [0.717, 1.165) is 31.9 Å². The van der Waals surface area contributed by atoms with Crippen LogP contribution in [0.3, 0.4) is 0 Å². The molecular formula is C15H19Cl3N2O5S2. The summed E-state index contributed by atoms with van der Waals surface area (Å²) < 4.78 is 22.2. The summed E-state index contributed by atoms with van der Waals surface area (Å²) in [4.78, 5) is 24.7. The van der Waals surface area contributed by atoms with Crippen LogP contribution in [0, 0.1) is 13.8 Å². The van der Waals surface area contributed by atoms with Gasteiger partial charge in [0, 0.05) is 25.2 Å². The monoisotopic (exact) mass is 476 g/mol. The molecule has 1 aromatic rings. The number of benzene rings is 1. The molecule has 0 saturated heterocycles. The number of aryl methyl sites for hydroxylation is 2. The fourth-order valence-corrected chi connectivity index (χ4v) is 3.85. The number of nitrogens with zero attached hydrogens (tertiary/aromatic N) is 2. The van der Waals surface area contributed by atoms with Crippen molar-refractivity contribution in [2.75, 3.05) is 27.0 Å². The minimum atomic E-state index is -1.73. The fourth-order valence-electron chi connectivity index (χ4n) is 2.07. The van der Waals surface area contributed by atoms with E-state index in [0.29, 0.717) is 10.6 Å². The zero-order chi connectivity index (χ0) is 20.9. The molecule has 0 aliphatic carbocycles. The second-order valence-corrected chi connectivity index (χ2v) is 10.5. The molecule has 1 aromatic carbocycles. The Balaban J connectivity index is 2.68. The van der Waals surface area contributed by atoms with Gasteiger partial charge in [0.2, 0.25) is 3.79 Å². The van der Waals surface area contributed by atoms with Gasteiger partial charge >= 0.3 is 12.2 Å². The third-order valence-electron chi connectivity index (χ3n) is 3.04. The molecule has 0 aliphatic heterocycles. The Kier molecular flexibility index (Phi) is 9.17. The van der Waals surface area contributed by atoms with Gasteiger partial charge in [-0.15, -0.1) is 0 Å². The van der Waals surface area contributed by atoms with Crippen LogP contribution in [0.2, 0.25) is 0 Å². The van der Waals surface area contributed by atoms with E-state index < -0.39 is 33.8 Å². The Morgan fingerprint density at radius 1 is 1.15 bits per heavy atom. The first-order valence-corrected chi connectivity index (χ1v) is 10.8. The van der Waals surface area contributed by atoms with Crippen molar-refractivity contribution in [3.63, 3.8) is 0 Å². The van der Waals surface area contributed by atoms with E-state index in [-0.39, 0.29) is 0 Å². The molecular weight excluding hydrogens is 459 g/mol. The van der Waals surface area contributed by atoms with Crippen molar-refractivity contribution in [3.05, 3.63) is 23.3 Å². The lowest BCUT2D eigenvalue weighted by Crippen LogP contribution is -2.32. The number of hydrogen-bond acceptors (Lipinski definition) is 6. The molecule has 27 heavy (non-hydrogen) atoms. The largest absolute Gasteiger partial charge is 0.612 e. The smallest absolute Gasteiger partial charge is 0.426 e. The summed E-state index contributed by atoms with van der Waals surface area (Å²) >= 11 is 16.1. The molecule has 1 unspecified atom stereocenters. The SMILES string of the molecule is Cc1cc(OC(=O)N(C)SN(C)C(=O)OCC(Cl)(Cl)Cl)cc(C)c1[S+](C)[O-]. The number of alkyl halides is 3. The van der Waals surface area contributed by atoms with Crippen molar-refractivity contribution in [3.8, 4) is 5.75 Å². The average molecular weight is 478 g/mol. The van der Waals surface area contributed by atoms with E-state index in [9.17, 15) is 14.1 Å².